The predicted octanol–water partition coefficient (Wildman–Crippen LogP) is 3.00. The Bertz CT molecular complexity index is 367. The third-order valence-electron chi connectivity index (χ3n) is 4.19. The van der Waals surface area contributed by atoms with Crippen LogP contribution in [0.25, 0.3) is 0 Å². The van der Waals surface area contributed by atoms with Crippen molar-refractivity contribution in [3.8, 4) is 0 Å². The first kappa shape index (κ1) is 13.6. The van der Waals surface area contributed by atoms with Crippen LogP contribution in [0.1, 0.15) is 50.2 Å². The van der Waals surface area contributed by atoms with Gasteiger partial charge >= 0.3 is 0 Å². The minimum Gasteiger partial charge on any atom is -0.330 e. The van der Waals surface area contributed by atoms with Crippen molar-refractivity contribution in [2.24, 2.45) is 5.73 Å². The van der Waals surface area contributed by atoms with Crippen molar-refractivity contribution in [3.63, 3.8) is 0 Å². The summed E-state index contributed by atoms with van der Waals surface area (Å²) in [6, 6.07) is 8.66. The van der Waals surface area contributed by atoms with Gasteiger partial charge in [0.05, 0.1) is 0 Å². The van der Waals surface area contributed by atoms with Crippen LogP contribution in [-0.4, -0.2) is 12.1 Å². The van der Waals surface area contributed by atoms with Crippen molar-refractivity contribution in [2.75, 3.05) is 6.54 Å². The number of hydrogen-bond donors (Lipinski definition) is 2. The highest BCUT2D eigenvalue weighted by atomic mass is 15.0. The summed E-state index contributed by atoms with van der Waals surface area (Å²) < 4.78 is 0. The fraction of sp³-hybridized carbons (Fsp3) is 0.625. The molecule has 2 heteroatoms. The van der Waals surface area contributed by atoms with Gasteiger partial charge in [0.1, 0.15) is 0 Å². The van der Waals surface area contributed by atoms with Gasteiger partial charge in [0.2, 0.25) is 0 Å². The summed E-state index contributed by atoms with van der Waals surface area (Å²) >= 11 is 0. The topological polar surface area (TPSA) is 38.0 Å². The molecule has 0 aliphatic heterocycles. The van der Waals surface area contributed by atoms with Gasteiger partial charge in [-0.05, 0) is 43.9 Å². The molecule has 0 aromatic heterocycles. The molecule has 0 spiro atoms. The molecule has 3 N–H and O–H groups in total. The van der Waals surface area contributed by atoms with Gasteiger partial charge in [-0.2, -0.15) is 0 Å². The third-order valence-corrected chi connectivity index (χ3v) is 4.19. The molecule has 1 aromatic rings. The molecule has 0 atom stereocenters. The Hall–Kier alpha value is -0.860. The molecule has 1 aliphatic carbocycles. The second-order valence-corrected chi connectivity index (χ2v) is 5.78. The van der Waals surface area contributed by atoms with Crippen LogP contribution in [-0.2, 0) is 13.0 Å². The average molecular weight is 246 g/mol. The highest BCUT2D eigenvalue weighted by Gasteiger charge is 2.25. The van der Waals surface area contributed by atoms with Crippen LogP contribution in [0.5, 0.6) is 0 Å². The molecule has 1 saturated carbocycles. The molecule has 1 aromatic carbocycles. The Morgan fingerprint density at radius 1 is 1.11 bits per heavy atom. The van der Waals surface area contributed by atoms with Gasteiger partial charge < -0.3 is 11.1 Å². The molecule has 0 radical (unpaired) electrons. The second-order valence-electron chi connectivity index (χ2n) is 5.78. The van der Waals surface area contributed by atoms with E-state index < -0.39 is 0 Å². The van der Waals surface area contributed by atoms with Gasteiger partial charge in [0.25, 0.3) is 0 Å². The number of hydrogen-bond acceptors (Lipinski definition) is 2. The van der Waals surface area contributed by atoms with Crippen LogP contribution in [0.15, 0.2) is 24.3 Å². The molecule has 2 nitrogen and oxygen atoms in total. The standard InChI is InChI=1S/C16H26N2/c1-16(10-5-2-6-11-16)18-13-15-8-4-3-7-14(15)9-12-17/h3-4,7-8,18H,2,5-6,9-13,17H2,1H3. The highest BCUT2D eigenvalue weighted by Crippen LogP contribution is 2.28. The first-order chi connectivity index (χ1) is 8.73. The monoisotopic (exact) mass is 246 g/mol. The average Bonchev–Trinajstić information content (AvgIpc) is 2.39. The van der Waals surface area contributed by atoms with Crippen molar-refractivity contribution in [3.05, 3.63) is 35.4 Å². The number of nitrogens with two attached hydrogens (primary N) is 1. The Morgan fingerprint density at radius 2 is 1.78 bits per heavy atom. The first-order valence-corrected chi connectivity index (χ1v) is 7.25. The zero-order chi connectivity index (χ0) is 12.8. The SMILES string of the molecule is CC1(NCc2ccccc2CCN)CCCCC1. The Morgan fingerprint density at radius 3 is 2.44 bits per heavy atom. The van der Waals surface area contributed by atoms with Crippen LogP contribution < -0.4 is 11.1 Å². The number of nitrogens with one attached hydrogen (secondary N) is 1. The lowest BCUT2D eigenvalue weighted by molar-refractivity contribution is 0.252. The van der Waals surface area contributed by atoms with Gasteiger partial charge in [-0.25, -0.2) is 0 Å². The quantitative estimate of drug-likeness (QED) is 0.838. The van der Waals surface area contributed by atoms with Crippen molar-refractivity contribution in [1.29, 1.82) is 0 Å². The first-order valence-electron chi connectivity index (χ1n) is 7.25. The molecule has 0 unspecified atom stereocenters. The fourth-order valence-electron chi connectivity index (χ4n) is 2.95. The normalized spacial score (nSPS) is 18.8. The molecule has 0 amide bonds. The van der Waals surface area contributed by atoms with Crippen LogP contribution in [0.2, 0.25) is 0 Å². The van der Waals surface area contributed by atoms with E-state index in [0.29, 0.717) is 5.54 Å². The van der Waals surface area contributed by atoms with E-state index in [1.807, 2.05) is 0 Å². The second kappa shape index (κ2) is 6.35. The van der Waals surface area contributed by atoms with E-state index >= 15 is 0 Å². The van der Waals surface area contributed by atoms with Crippen LogP contribution in [0.3, 0.4) is 0 Å². The largest absolute Gasteiger partial charge is 0.330 e. The van der Waals surface area contributed by atoms with Crippen LogP contribution in [0, 0.1) is 0 Å². The van der Waals surface area contributed by atoms with Crippen LogP contribution in [0.4, 0.5) is 0 Å². The van der Waals surface area contributed by atoms with E-state index in [4.69, 9.17) is 5.73 Å². The van der Waals surface area contributed by atoms with E-state index in [2.05, 4.69) is 36.5 Å². The van der Waals surface area contributed by atoms with E-state index in [-0.39, 0.29) is 0 Å². The Balaban J connectivity index is 1.96. The zero-order valence-electron chi connectivity index (χ0n) is 11.5. The summed E-state index contributed by atoms with van der Waals surface area (Å²) in [7, 11) is 0. The molecular weight excluding hydrogens is 220 g/mol. The zero-order valence-corrected chi connectivity index (χ0v) is 11.5. The van der Waals surface area contributed by atoms with Crippen molar-refractivity contribution in [1.82, 2.24) is 5.32 Å². The summed E-state index contributed by atoms with van der Waals surface area (Å²) in [4.78, 5) is 0. The molecular formula is C16H26N2. The van der Waals surface area contributed by atoms with Crippen LogP contribution >= 0.6 is 0 Å². The molecule has 0 saturated heterocycles. The maximum atomic E-state index is 5.67. The lowest BCUT2D eigenvalue weighted by atomic mass is 9.83. The van der Waals surface area contributed by atoms with Gasteiger partial charge in [-0.15, -0.1) is 0 Å². The Kier molecular flexibility index (Phi) is 4.79. The van der Waals surface area contributed by atoms with Crippen molar-refractivity contribution in [2.45, 2.75) is 57.5 Å². The lowest BCUT2D eigenvalue weighted by Gasteiger charge is -2.35. The smallest absolute Gasteiger partial charge is 0.0213 e. The summed E-state index contributed by atoms with van der Waals surface area (Å²) in [5.41, 5.74) is 8.82. The maximum absolute atomic E-state index is 5.67. The summed E-state index contributed by atoms with van der Waals surface area (Å²) in [6.07, 6.45) is 7.75. The molecule has 1 fully saturated rings. The fourth-order valence-corrected chi connectivity index (χ4v) is 2.95. The molecule has 18 heavy (non-hydrogen) atoms. The molecule has 2 rings (SSSR count). The molecule has 1 aliphatic rings. The van der Waals surface area contributed by atoms with E-state index in [1.165, 1.54) is 43.2 Å². The molecule has 0 bridgehead atoms. The number of rotatable bonds is 5. The number of benzene rings is 1. The van der Waals surface area contributed by atoms with Crippen molar-refractivity contribution < 1.29 is 0 Å². The molecule has 0 heterocycles. The van der Waals surface area contributed by atoms with E-state index in [1.54, 1.807) is 0 Å². The minimum atomic E-state index is 0.341. The Labute approximate surface area is 111 Å². The van der Waals surface area contributed by atoms with Gasteiger partial charge in [0.15, 0.2) is 0 Å². The highest BCUT2D eigenvalue weighted by molar-refractivity contribution is 5.27. The molecule has 100 valence electrons. The predicted molar refractivity (Wildman–Crippen MR) is 77.5 cm³/mol. The van der Waals surface area contributed by atoms with E-state index in [9.17, 15) is 0 Å². The maximum Gasteiger partial charge on any atom is 0.0213 e. The van der Waals surface area contributed by atoms with Gasteiger partial charge in [-0.3, -0.25) is 0 Å². The minimum absolute atomic E-state index is 0.341. The third kappa shape index (κ3) is 3.56. The van der Waals surface area contributed by atoms with Crippen molar-refractivity contribution >= 4 is 0 Å². The van der Waals surface area contributed by atoms with Gasteiger partial charge in [-0.1, -0.05) is 43.5 Å². The van der Waals surface area contributed by atoms with Gasteiger partial charge in [0, 0.05) is 12.1 Å². The van der Waals surface area contributed by atoms with E-state index in [0.717, 1.165) is 19.5 Å². The summed E-state index contributed by atoms with van der Waals surface area (Å²) in [5, 5.41) is 3.77. The summed E-state index contributed by atoms with van der Waals surface area (Å²) in [5.74, 6) is 0. The lowest BCUT2D eigenvalue weighted by Crippen LogP contribution is -2.43. The summed E-state index contributed by atoms with van der Waals surface area (Å²) in [6.45, 7) is 4.08.